The van der Waals surface area contributed by atoms with Crippen molar-refractivity contribution in [2.45, 2.75) is 38.9 Å². The topological polar surface area (TPSA) is 45.9 Å². The van der Waals surface area contributed by atoms with Gasteiger partial charge in [-0.15, -0.1) is 0 Å². The lowest BCUT2D eigenvalue weighted by molar-refractivity contribution is 0.0239. The molecule has 6 rings (SSSR count). The van der Waals surface area contributed by atoms with E-state index in [9.17, 15) is 4.79 Å². The fourth-order valence-corrected chi connectivity index (χ4v) is 5.48. The molecule has 1 aromatic heterocycles. The van der Waals surface area contributed by atoms with E-state index in [1.165, 1.54) is 11.1 Å². The second-order valence-corrected chi connectivity index (χ2v) is 9.31. The maximum Gasteiger partial charge on any atom is 0.344 e. The zero-order valence-corrected chi connectivity index (χ0v) is 18.9. The van der Waals surface area contributed by atoms with E-state index in [0.29, 0.717) is 23.7 Å². The standard InChI is InChI=1S/C28H28N2O3/c1-19-26-21(15-25-23-9-5-6-10-24(23)28(31)33-27(19)25)17-30(18-32-26)22-11-13-29(14-12-22)16-20-7-3-2-4-8-20/h2-10,15,22H,11-14,16-18H2,1H3. The Bertz CT molecular complexity index is 1370. The normalized spacial score (nSPS) is 17.8. The molecule has 5 heteroatoms. The van der Waals surface area contributed by atoms with E-state index in [4.69, 9.17) is 9.15 Å². The van der Waals surface area contributed by atoms with Gasteiger partial charge in [-0.25, -0.2) is 4.79 Å². The summed E-state index contributed by atoms with van der Waals surface area (Å²) in [6.45, 7) is 6.68. The van der Waals surface area contributed by atoms with Crippen LogP contribution in [0.5, 0.6) is 5.75 Å². The summed E-state index contributed by atoms with van der Waals surface area (Å²) < 4.78 is 12.0. The molecule has 0 amide bonds. The highest BCUT2D eigenvalue weighted by molar-refractivity contribution is 6.06. The summed E-state index contributed by atoms with van der Waals surface area (Å²) in [5.74, 6) is 0.874. The highest BCUT2D eigenvalue weighted by atomic mass is 16.5. The molecule has 0 unspecified atom stereocenters. The number of hydrogen-bond donors (Lipinski definition) is 0. The van der Waals surface area contributed by atoms with Crippen molar-refractivity contribution in [1.82, 2.24) is 9.80 Å². The van der Waals surface area contributed by atoms with Crippen molar-refractivity contribution in [3.05, 3.63) is 87.8 Å². The van der Waals surface area contributed by atoms with Gasteiger partial charge in [0, 0.05) is 35.6 Å². The first kappa shape index (κ1) is 20.5. The van der Waals surface area contributed by atoms with Crippen molar-refractivity contribution in [3.8, 4) is 5.75 Å². The smallest absolute Gasteiger partial charge is 0.344 e. The van der Waals surface area contributed by atoms with Crippen molar-refractivity contribution in [2.24, 2.45) is 0 Å². The van der Waals surface area contributed by atoms with E-state index < -0.39 is 0 Å². The molecule has 2 aliphatic rings. The van der Waals surface area contributed by atoms with Gasteiger partial charge in [-0.2, -0.15) is 0 Å². The van der Waals surface area contributed by atoms with Gasteiger partial charge in [0.1, 0.15) is 18.1 Å². The molecule has 1 fully saturated rings. The van der Waals surface area contributed by atoms with Crippen molar-refractivity contribution < 1.29 is 9.15 Å². The van der Waals surface area contributed by atoms with E-state index in [0.717, 1.165) is 61.1 Å². The number of nitrogens with zero attached hydrogens (tertiary/aromatic N) is 2. The molecule has 4 aromatic rings. The Balaban J connectivity index is 1.24. The number of aryl methyl sites for hydroxylation is 1. The zero-order valence-electron chi connectivity index (χ0n) is 18.9. The number of piperidine rings is 1. The van der Waals surface area contributed by atoms with E-state index in [2.05, 4.69) is 46.2 Å². The Kier molecular flexibility index (Phi) is 5.16. The number of hydrogen-bond acceptors (Lipinski definition) is 5. The van der Waals surface area contributed by atoms with Crippen molar-refractivity contribution >= 4 is 21.7 Å². The van der Waals surface area contributed by atoms with Crippen molar-refractivity contribution in [1.29, 1.82) is 0 Å². The van der Waals surface area contributed by atoms with Crippen LogP contribution in [0.15, 0.2) is 69.9 Å². The summed E-state index contributed by atoms with van der Waals surface area (Å²) in [5, 5.41) is 2.56. The number of fused-ring (bicyclic) bond motifs is 4. The van der Waals surface area contributed by atoms with Crippen molar-refractivity contribution in [2.75, 3.05) is 19.8 Å². The molecule has 3 aromatic carbocycles. The highest BCUT2D eigenvalue weighted by Crippen LogP contribution is 2.38. The molecule has 0 radical (unpaired) electrons. The Morgan fingerprint density at radius 2 is 1.67 bits per heavy atom. The molecule has 0 atom stereocenters. The Morgan fingerprint density at radius 3 is 2.45 bits per heavy atom. The van der Waals surface area contributed by atoms with E-state index in [1.807, 2.05) is 31.2 Å². The predicted octanol–water partition coefficient (Wildman–Crippen LogP) is 5.07. The van der Waals surface area contributed by atoms with Crippen LogP contribution < -0.4 is 10.4 Å². The molecule has 168 valence electrons. The number of ether oxygens (including phenoxy) is 1. The fourth-order valence-electron chi connectivity index (χ4n) is 5.48. The van der Waals surface area contributed by atoms with Crippen LogP contribution in [0, 0.1) is 6.92 Å². The number of benzene rings is 3. The third-order valence-electron chi connectivity index (χ3n) is 7.24. The second-order valence-electron chi connectivity index (χ2n) is 9.31. The van der Waals surface area contributed by atoms with Gasteiger partial charge in [-0.1, -0.05) is 48.5 Å². The lowest BCUT2D eigenvalue weighted by Crippen LogP contribution is -2.47. The van der Waals surface area contributed by atoms with Gasteiger partial charge in [0.05, 0.1) is 5.39 Å². The third-order valence-corrected chi connectivity index (χ3v) is 7.24. The van der Waals surface area contributed by atoms with Crippen LogP contribution in [0.25, 0.3) is 21.7 Å². The minimum absolute atomic E-state index is 0.291. The molecule has 0 aliphatic carbocycles. The largest absolute Gasteiger partial charge is 0.477 e. The van der Waals surface area contributed by atoms with Gasteiger partial charge in [-0.3, -0.25) is 9.80 Å². The molecule has 0 N–H and O–H groups in total. The molecule has 0 saturated carbocycles. The van der Waals surface area contributed by atoms with E-state index >= 15 is 0 Å². The van der Waals surface area contributed by atoms with Crippen LogP contribution in [-0.4, -0.2) is 35.7 Å². The van der Waals surface area contributed by atoms with Gasteiger partial charge < -0.3 is 9.15 Å². The first-order chi connectivity index (χ1) is 16.2. The van der Waals surface area contributed by atoms with Crippen LogP contribution in [0.4, 0.5) is 0 Å². The quantitative estimate of drug-likeness (QED) is 0.329. The van der Waals surface area contributed by atoms with Gasteiger partial charge >= 0.3 is 5.63 Å². The summed E-state index contributed by atoms with van der Waals surface area (Å²) >= 11 is 0. The molecular weight excluding hydrogens is 412 g/mol. The Hall–Kier alpha value is -3.15. The molecule has 5 nitrogen and oxygen atoms in total. The summed E-state index contributed by atoms with van der Waals surface area (Å²) in [7, 11) is 0. The van der Waals surface area contributed by atoms with Crippen LogP contribution in [0.2, 0.25) is 0 Å². The SMILES string of the molecule is Cc1c2c(cc3c1oc(=O)c1ccccc13)CN(C1CCN(Cc3ccccc3)CC1)CO2. The summed E-state index contributed by atoms with van der Waals surface area (Å²) in [6, 6.07) is 21.1. The monoisotopic (exact) mass is 440 g/mol. The first-order valence-electron chi connectivity index (χ1n) is 11.8. The molecule has 1 saturated heterocycles. The average molecular weight is 441 g/mol. The van der Waals surface area contributed by atoms with Crippen molar-refractivity contribution in [3.63, 3.8) is 0 Å². The van der Waals surface area contributed by atoms with Crippen LogP contribution in [0.3, 0.4) is 0 Å². The van der Waals surface area contributed by atoms with E-state index in [-0.39, 0.29) is 5.63 Å². The third kappa shape index (κ3) is 3.71. The maximum absolute atomic E-state index is 12.5. The first-order valence-corrected chi connectivity index (χ1v) is 11.8. The molecule has 0 spiro atoms. The number of rotatable bonds is 3. The molecule has 3 heterocycles. The van der Waals surface area contributed by atoms with Gasteiger partial charge in [0.2, 0.25) is 0 Å². The fraction of sp³-hybridized carbons (Fsp3) is 0.321. The lowest BCUT2D eigenvalue weighted by Gasteiger charge is -2.40. The summed E-state index contributed by atoms with van der Waals surface area (Å²) in [5.41, 5.74) is 3.83. The lowest BCUT2D eigenvalue weighted by atomic mass is 9.98. The second kappa shape index (κ2) is 8.32. The van der Waals surface area contributed by atoms with Gasteiger partial charge in [0.15, 0.2) is 0 Å². The zero-order chi connectivity index (χ0) is 22.4. The Labute approximate surface area is 193 Å². The maximum atomic E-state index is 12.5. The highest BCUT2D eigenvalue weighted by Gasteiger charge is 2.30. The van der Waals surface area contributed by atoms with Gasteiger partial charge in [-0.05, 0) is 55.9 Å². The minimum atomic E-state index is -0.291. The minimum Gasteiger partial charge on any atom is -0.477 e. The predicted molar refractivity (Wildman–Crippen MR) is 131 cm³/mol. The van der Waals surface area contributed by atoms with E-state index in [1.54, 1.807) is 0 Å². The molecule has 0 bridgehead atoms. The average Bonchev–Trinajstić information content (AvgIpc) is 2.86. The van der Waals surface area contributed by atoms with Crippen LogP contribution in [-0.2, 0) is 13.1 Å². The van der Waals surface area contributed by atoms with Crippen LogP contribution >= 0.6 is 0 Å². The Morgan fingerprint density at radius 1 is 0.939 bits per heavy atom. The summed E-state index contributed by atoms with van der Waals surface area (Å²) in [6.07, 6.45) is 2.30. The molecule has 33 heavy (non-hydrogen) atoms. The molecule has 2 aliphatic heterocycles. The summed E-state index contributed by atoms with van der Waals surface area (Å²) in [4.78, 5) is 17.5. The molecular formula is C28H28N2O3. The number of likely N-dealkylation sites (tertiary alicyclic amines) is 1. The van der Waals surface area contributed by atoms with Crippen LogP contribution in [0.1, 0.15) is 29.5 Å². The van der Waals surface area contributed by atoms with Gasteiger partial charge in [0.25, 0.3) is 0 Å².